The molecular formula is C10H17NO2. The molecule has 1 rings (SSSR count). The molecule has 13 heavy (non-hydrogen) atoms. The highest BCUT2D eigenvalue weighted by atomic mass is 16.3. The van der Waals surface area contributed by atoms with Gasteiger partial charge in [-0.3, -0.25) is 4.79 Å². The summed E-state index contributed by atoms with van der Waals surface area (Å²) in [6.07, 6.45) is 0.774. The lowest BCUT2D eigenvalue weighted by atomic mass is 9.86. The van der Waals surface area contributed by atoms with Gasteiger partial charge in [-0.2, -0.15) is 0 Å². The summed E-state index contributed by atoms with van der Waals surface area (Å²) in [6.45, 7) is 6.31. The first-order valence-electron chi connectivity index (χ1n) is 4.65. The van der Waals surface area contributed by atoms with Gasteiger partial charge in [-0.25, -0.2) is 0 Å². The number of aliphatic hydroxyl groups is 1. The average Bonchev–Trinajstić information content (AvgIpc) is 2.19. The fourth-order valence-corrected chi connectivity index (χ4v) is 1.61. The summed E-state index contributed by atoms with van der Waals surface area (Å²) in [5, 5.41) is 12.9. The van der Waals surface area contributed by atoms with E-state index in [2.05, 4.69) is 5.32 Å². The van der Waals surface area contributed by atoms with Gasteiger partial charge in [0.05, 0.1) is 12.0 Å². The normalized spacial score (nSPS) is 30.0. The number of hydrogen-bond donors (Lipinski definition) is 2. The van der Waals surface area contributed by atoms with Crippen LogP contribution >= 0.6 is 0 Å². The third-order valence-electron chi connectivity index (χ3n) is 2.93. The number of amides is 1. The van der Waals surface area contributed by atoms with Crippen molar-refractivity contribution in [1.29, 1.82) is 0 Å². The Hall–Kier alpha value is -0.830. The van der Waals surface area contributed by atoms with Gasteiger partial charge in [0, 0.05) is 6.54 Å². The van der Waals surface area contributed by atoms with E-state index in [1.54, 1.807) is 0 Å². The maximum atomic E-state index is 11.3. The Bertz CT molecular complexity index is 258. The largest absolute Gasteiger partial charge is 0.385 e. The standard InChI is InChI=1S/C10H17NO2/c1-4-10(13)5-9(12)11-6-7(2)8(10)3/h13H,4-6H2,1-3H3,(H,11,12)/t10-/m0/s1. The lowest BCUT2D eigenvalue weighted by Crippen LogP contribution is -2.34. The van der Waals surface area contributed by atoms with E-state index in [4.69, 9.17) is 0 Å². The molecule has 1 atom stereocenters. The predicted molar refractivity (Wildman–Crippen MR) is 51.2 cm³/mol. The van der Waals surface area contributed by atoms with Crippen molar-refractivity contribution in [3.63, 3.8) is 0 Å². The van der Waals surface area contributed by atoms with Crippen LogP contribution in [0.2, 0.25) is 0 Å². The van der Waals surface area contributed by atoms with Crippen molar-refractivity contribution in [2.24, 2.45) is 0 Å². The zero-order valence-electron chi connectivity index (χ0n) is 8.48. The minimum absolute atomic E-state index is 0.0689. The molecule has 74 valence electrons. The van der Waals surface area contributed by atoms with E-state index in [-0.39, 0.29) is 12.3 Å². The Balaban J connectivity index is 3.02. The molecule has 0 bridgehead atoms. The van der Waals surface area contributed by atoms with Crippen LogP contribution in [0.15, 0.2) is 11.1 Å². The number of carbonyl (C=O) groups is 1. The minimum Gasteiger partial charge on any atom is -0.385 e. The molecule has 1 heterocycles. The van der Waals surface area contributed by atoms with Crippen molar-refractivity contribution in [3.05, 3.63) is 11.1 Å². The van der Waals surface area contributed by atoms with Crippen LogP contribution in [0.4, 0.5) is 0 Å². The number of nitrogens with one attached hydrogen (secondary N) is 1. The Morgan fingerprint density at radius 3 is 2.69 bits per heavy atom. The second-order valence-electron chi connectivity index (χ2n) is 3.74. The summed E-state index contributed by atoms with van der Waals surface area (Å²) in [5.41, 5.74) is 1.08. The van der Waals surface area contributed by atoms with Gasteiger partial charge in [-0.05, 0) is 25.8 Å². The third-order valence-corrected chi connectivity index (χ3v) is 2.93. The first-order valence-corrected chi connectivity index (χ1v) is 4.65. The summed E-state index contributed by atoms with van der Waals surface area (Å²) < 4.78 is 0. The number of hydrogen-bond acceptors (Lipinski definition) is 2. The van der Waals surface area contributed by atoms with Crippen LogP contribution in [0.25, 0.3) is 0 Å². The molecule has 0 saturated carbocycles. The minimum atomic E-state index is -0.926. The topological polar surface area (TPSA) is 49.3 Å². The molecule has 0 saturated heterocycles. The Kier molecular flexibility index (Phi) is 2.76. The molecule has 0 unspecified atom stereocenters. The molecule has 0 aromatic heterocycles. The van der Waals surface area contributed by atoms with Crippen LogP contribution in [-0.2, 0) is 4.79 Å². The van der Waals surface area contributed by atoms with Crippen molar-refractivity contribution in [3.8, 4) is 0 Å². The molecule has 1 amide bonds. The third kappa shape index (κ3) is 1.91. The summed E-state index contributed by atoms with van der Waals surface area (Å²) in [7, 11) is 0. The maximum Gasteiger partial charge on any atom is 0.223 e. The van der Waals surface area contributed by atoms with E-state index >= 15 is 0 Å². The molecule has 0 aromatic carbocycles. The second kappa shape index (κ2) is 3.50. The fourth-order valence-electron chi connectivity index (χ4n) is 1.61. The van der Waals surface area contributed by atoms with Crippen LogP contribution in [-0.4, -0.2) is 23.2 Å². The van der Waals surface area contributed by atoms with Gasteiger partial charge in [0.2, 0.25) is 5.91 Å². The SMILES string of the molecule is CC[C@]1(O)CC(=O)NCC(C)=C1C. The van der Waals surface area contributed by atoms with Gasteiger partial charge in [0.25, 0.3) is 0 Å². The predicted octanol–water partition coefficient (Wildman–Crippen LogP) is 0.984. The summed E-state index contributed by atoms with van der Waals surface area (Å²) in [6, 6.07) is 0. The molecule has 0 fully saturated rings. The van der Waals surface area contributed by atoms with E-state index < -0.39 is 5.60 Å². The lowest BCUT2D eigenvalue weighted by molar-refractivity contribution is -0.124. The van der Waals surface area contributed by atoms with Crippen LogP contribution in [0, 0.1) is 0 Å². The first kappa shape index (κ1) is 10.3. The maximum absolute atomic E-state index is 11.3. The van der Waals surface area contributed by atoms with Gasteiger partial charge in [0.1, 0.15) is 0 Å². The highest BCUT2D eigenvalue weighted by Crippen LogP contribution is 2.28. The number of rotatable bonds is 1. The van der Waals surface area contributed by atoms with Gasteiger partial charge >= 0.3 is 0 Å². The van der Waals surface area contributed by atoms with E-state index in [1.165, 1.54) is 0 Å². The Morgan fingerprint density at radius 1 is 1.54 bits per heavy atom. The molecule has 0 spiro atoms. The van der Waals surface area contributed by atoms with E-state index in [0.29, 0.717) is 13.0 Å². The molecule has 0 aliphatic carbocycles. The van der Waals surface area contributed by atoms with Crippen molar-refractivity contribution < 1.29 is 9.90 Å². The molecule has 1 aliphatic rings. The molecule has 2 N–H and O–H groups in total. The zero-order chi connectivity index (χ0) is 10.1. The highest BCUT2D eigenvalue weighted by molar-refractivity contribution is 5.78. The lowest BCUT2D eigenvalue weighted by Gasteiger charge is -2.26. The fraction of sp³-hybridized carbons (Fsp3) is 0.700. The summed E-state index contributed by atoms with van der Waals surface area (Å²) in [5.74, 6) is -0.0689. The summed E-state index contributed by atoms with van der Waals surface area (Å²) in [4.78, 5) is 11.3. The van der Waals surface area contributed by atoms with Gasteiger partial charge < -0.3 is 10.4 Å². The monoisotopic (exact) mass is 183 g/mol. The van der Waals surface area contributed by atoms with E-state index in [9.17, 15) is 9.90 Å². The quantitative estimate of drug-likeness (QED) is 0.595. The van der Waals surface area contributed by atoms with Crippen molar-refractivity contribution in [1.82, 2.24) is 5.32 Å². The molecule has 3 heteroatoms. The van der Waals surface area contributed by atoms with Crippen LogP contribution < -0.4 is 5.32 Å². The molecule has 3 nitrogen and oxygen atoms in total. The van der Waals surface area contributed by atoms with E-state index in [1.807, 2.05) is 20.8 Å². The molecule has 0 aromatic rings. The van der Waals surface area contributed by atoms with E-state index in [0.717, 1.165) is 11.1 Å². The van der Waals surface area contributed by atoms with Gasteiger partial charge in [0.15, 0.2) is 0 Å². The van der Waals surface area contributed by atoms with Crippen LogP contribution in [0.3, 0.4) is 0 Å². The summed E-state index contributed by atoms with van der Waals surface area (Å²) >= 11 is 0. The van der Waals surface area contributed by atoms with Crippen molar-refractivity contribution >= 4 is 5.91 Å². The van der Waals surface area contributed by atoms with Crippen LogP contribution in [0.1, 0.15) is 33.6 Å². The first-order chi connectivity index (χ1) is 5.99. The van der Waals surface area contributed by atoms with Crippen molar-refractivity contribution in [2.45, 2.75) is 39.2 Å². The van der Waals surface area contributed by atoms with Gasteiger partial charge in [-0.1, -0.05) is 12.5 Å². The second-order valence-corrected chi connectivity index (χ2v) is 3.74. The Morgan fingerprint density at radius 2 is 2.15 bits per heavy atom. The van der Waals surface area contributed by atoms with Crippen LogP contribution in [0.5, 0.6) is 0 Å². The van der Waals surface area contributed by atoms with Gasteiger partial charge in [-0.15, -0.1) is 0 Å². The molecule has 1 aliphatic heterocycles. The molecular weight excluding hydrogens is 166 g/mol. The average molecular weight is 183 g/mol. The molecule has 0 radical (unpaired) electrons. The number of carbonyl (C=O) groups excluding carboxylic acids is 1. The highest BCUT2D eigenvalue weighted by Gasteiger charge is 2.33. The van der Waals surface area contributed by atoms with Crippen molar-refractivity contribution in [2.75, 3.05) is 6.54 Å². The Labute approximate surface area is 78.8 Å². The zero-order valence-corrected chi connectivity index (χ0v) is 8.48. The smallest absolute Gasteiger partial charge is 0.223 e.